The van der Waals surface area contributed by atoms with Gasteiger partial charge >= 0.3 is 0 Å². The van der Waals surface area contributed by atoms with Crippen molar-refractivity contribution >= 4 is 11.8 Å². The zero-order valence-electron chi connectivity index (χ0n) is 65.0. The molecular weight excluding hydrogens is 1470 g/mol. The van der Waals surface area contributed by atoms with Crippen LogP contribution in [0.25, 0.3) is 0 Å². The van der Waals surface area contributed by atoms with Gasteiger partial charge in [-0.05, 0) is 19.3 Å². The quantitative estimate of drug-likeness (QED) is 0.0236. The third kappa shape index (κ3) is 29.7. The van der Waals surface area contributed by atoms with Gasteiger partial charge in [-0.15, -0.1) is 0 Å². The van der Waals surface area contributed by atoms with Crippen LogP contribution in [0.1, 0.15) is 213 Å². The van der Waals surface area contributed by atoms with E-state index in [0.717, 1.165) is 58.3 Å². The highest BCUT2D eigenvalue weighted by Gasteiger charge is 2.58. The van der Waals surface area contributed by atoms with Crippen LogP contribution < -0.4 is 10.6 Å². The van der Waals surface area contributed by atoms with Crippen molar-refractivity contribution in [1.29, 1.82) is 0 Å². The molecule has 0 aliphatic carbocycles. The molecule has 0 bridgehead atoms. The van der Waals surface area contributed by atoms with E-state index in [1.54, 1.807) is 6.08 Å². The largest absolute Gasteiger partial charge is 0.394 e. The van der Waals surface area contributed by atoms with Crippen molar-refractivity contribution in [3.8, 4) is 0 Å². The molecule has 35 nitrogen and oxygen atoms in total. The molecule has 32 atom stereocenters. The van der Waals surface area contributed by atoms with E-state index in [1.807, 2.05) is 6.08 Å². The first-order chi connectivity index (χ1) is 53.4. The Balaban J connectivity index is 1.06. The lowest BCUT2D eigenvalue weighted by molar-refractivity contribution is -0.391. The maximum Gasteiger partial charge on any atom is 0.220 e. The maximum absolute atomic E-state index is 13.5. The fourth-order valence-electron chi connectivity index (χ4n) is 15.0. The first-order valence-corrected chi connectivity index (χ1v) is 41.0. The van der Waals surface area contributed by atoms with Crippen LogP contribution >= 0.6 is 0 Å². The van der Waals surface area contributed by atoms with E-state index in [2.05, 4.69) is 24.5 Å². The van der Waals surface area contributed by atoms with Gasteiger partial charge in [0.15, 0.2) is 37.7 Å². The normalized spacial score (nSPS) is 37.5. The minimum absolute atomic E-state index is 0.183. The lowest BCUT2D eigenvalue weighted by Crippen LogP contribution is -2.70. The van der Waals surface area contributed by atoms with Crippen LogP contribution in [0.5, 0.6) is 0 Å². The number of allylic oxidation sites excluding steroid dienone is 1. The first-order valence-electron chi connectivity index (χ1n) is 41.0. The second kappa shape index (κ2) is 52.4. The topological polar surface area (TPSA) is 553 Å². The zero-order chi connectivity index (χ0) is 81.1. The molecule has 6 rings (SSSR count). The van der Waals surface area contributed by atoms with Gasteiger partial charge in [-0.2, -0.15) is 0 Å². The number of aliphatic hydroxyl groups is 19. The Morgan fingerprint density at radius 3 is 1.08 bits per heavy atom. The Labute approximate surface area is 651 Å². The highest BCUT2D eigenvalue weighted by atomic mass is 16.8. The van der Waals surface area contributed by atoms with Gasteiger partial charge in [-0.25, -0.2) is 0 Å². The molecule has 6 aliphatic rings. The van der Waals surface area contributed by atoms with E-state index in [4.69, 9.17) is 56.8 Å². The van der Waals surface area contributed by atoms with Crippen molar-refractivity contribution in [3.05, 3.63) is 12.2 Å². The predicted octanol–water partition coefficient (Wildman–Crippen LogP) is -1.79. The summed E-state index contributed by atoms with van der Waals surface area (Å²) in [5.41, 5.74) is 0. The Morgan fingerprint density at radius 1 is 0.351 bits per heavy atom. The molecule has 0 aromatic rings. The van der Waals surface area contributed by atoms with Crippen LogP contribution in [-0.2, 0) is 66.4 Å². The van der Waals surface area contributed by atoms with Gasteiger partial charge in [-0.3, -0.25) is 9.59 Å². The average Bonchev–Trinajstić information content (AvgIpc) is 0.770. The van der Waals surface area contributed by atoms with Crippen LogP contribution in [0, 0.1) is 0 Å². The van der Waals surface area contributed by atoms with Gasteiger partial charge < -0.3 is 164 Å². The van der Waals surface area contributed by atoms with Gasteiger partial charge in [0, 0.05) is 13.3 Å². The fourth-order valence-corrected chi connectivity index (χ4v) is 15.0. The number of hydrogen-bond acceptors (Lipinski definition) is 33. The molecular formula is C76H138N2O33. The van der Waals surface area contributed by atoms with Crippen LogP contribution in [0.3, 0.4) is 0 Å². The summed E-state index contributed by atoms with van der Waals surface area (Å²) in [5, 5.41) is 215. The monoisotopic (exact) mass is 1610 g/mol. The Bertz CT molecular complexity index is 2510. The molecule has 2 amide bonds. The van der Waals surface area contributed by atoms with Crippen LogP contribution in [-0.4, -0.2) is 351 Å². The van der Waals surface area contributed by atoms with Crippen molar-refractivity contribution < 1.29 is 163 Å². The van der Waals surface area contributed by atoms with Crippen LogP contribution in [0.2, 0.25) is 0 Å². The molecule has 0 spiro atoms. The second-order valence-electron chi connectivity index (χ2n) is 30.6. The van der Waals surface area contributed by atoms with Gasteiger partial charge in [0.2, 0.25) is 11.8 Å². The minimum atomic E-state index is -2.26. The van der Waals surface area contributed by atoms with Gasteiger partial charge in [0.25, 0.3) is 0 Å². The van der Waals surface area contributed by atoms with E-state index in [9.17, 15) is 107 Å². The lowest BCUT2D eigenvalue weighted by Gasteiger charge is -2.50. The number of amides is 2. The summed E-state index contributed by atoms with van der Waals surface area (Å²) in [6, 6.07) is -2.89. The number of ether oxygens (including phenoxy) is 12. The SMILES string of the molecule is CCCCCCCCCCCCC/C=C/[C@@H](O)[C@H](CO[C@@H]1OC(CO)[C@@H](O[C@@H]2OC(CO)[C@H](O[C@@H]3OC(CO)[C@H](O)[C@H](O[C@@H]4OC(CO)[C@H](O)[C@H](O[C@@H]5OC(CO)[C@H](O)[C@H](O[C@H]6OC(CO)[C@H](O)[C@H](O)C6O)C5O)C4NC(C)=O)C3O)[C@H](O)C2O)[C@H](O)C1O)NC(=O)CCCCCCCCCCCCCCCCCCC. The molecule has 111 heavy (non-hydrogen) atoms. The molecule has 0 radical (unpaired) electrons. The summed E-state index contributed by atoms with van der Waals surface area (Å²) in [6.45, 7) is -0.949. The molecule has 35 heteroatoms. The molecule has 6 heterocycles. The van der Waals surface area contributed by atoms with E-state index < -0.39 is 248 Å². The lowest BCUT2D eigenvalue weighted by atomic mass is 9.94. The van der Waals surface area contributed by atoms with Crippen molar-refractivity contribution in [2.45, 2.75) is 410 Å². The Hall–Kier alpha value is -2.56. The molecule has 12 unspecified atom stereocenters. The summed E-state index contributed by atoms with van der Waals surface area (Å²) >= 11 is 0. The summed E-state index contributed by atoms with van der Waals surface area (Å²) < 4.78 is 70.1. The zero-order valence-corrected chi connectivity index (χ0v) is 65.0. The van der Waals surface area contributed by atoms with Gasteiger partial charge in [-0.1, -0.05) is 193 Å². The molecule has 6 fully saturated rings. The molecule has 6 saturated heterocycles. The van der Waals surface area contributed by atoms with Crippen molar-refractivity contribution in [2.24, 2.45) is 0 Å². The fraction of sp³-hybridized carbons (Fsp3) is 0.947. The Morgan fingerprint density at radius 2 is 0.667 bits per heavy atom. The molecule has 0 saturated carbocycles. The van der Waals surface area contributed by atoms with Crippen molar-refractivity contribution in [3.63, 3.8) is 0 Å². The number of carbonyl (C=O) groups excluding carboxylic acids is 2. The molecule has 0 aromatic carbocycles. The minimum Gasteiger partial charge on any atom is -0.394 e. The van der Waals surface area contributed by atoms with Crippen molar-refractivity contribution in [1.82, 2.24) is 10.6 Å². The summed E-state index contributed by atoms with van der Waals surface area (Å²) in [7, 11) is 0. The average molecular weight is 1610 g/mol. The van der Waals surface area contributed by atoms with Crippen molar-refractivity contribution in [2.75, 3.05) is 46.2 Å². The van der Waals surface area contributed by atoms with Gasteiger partial charge in [0.05, 0.1) is 58.4 Å². The standard InChI is InChI=1S/C76H138N2O33/c1-4-6-8-10-12-14-16-18-19-20-21-23-25-27-29-31-33-35-52(87)78-44(45(86)34-32-30-28-26-24-22-17-15-13-11-9-7-5-2)42-100-72-62(96)59(93)66(50(40-83)105-72)107-74-63(97)60(94)67(51(41-84)106-74)108-75-64(98)69(56(90)48(38-81)103-75)110-71-53(77-43(3)85)68(55(89)47(37-80)101-71)109-76-65(99)70(57(91)49(39-82)104-76)111-73-61(95)58(92)54(88)46(36-79)102-73/h32,34,44-51,53-76,79-84,86,88-99H,4-31,33,35-42H2,1-3H3,(H,77,85)(H,78,87)/b34-32+/t44-,45+,46?,47?,48?,49?,50?,51?,53?,54-,55-,56-,57-,58-,59+,60+,61?,62?,63?,64?,65?,66+,67-,68+,69-,70-,71-,72+,73+,74-,75-,76-/m0/s1. The summed E-state index contributed by atoms with van der Waals surface area (Å²) in [6.07, 6.45) is -20.3. The van der Waals surface area contributed by atoms with E-state index in [1.165, 1.54) is 122 Å². The van der Waals surface area contributed by atoms with Gasteiger partial charge in [0.1, 0.15) is 146 Å². The molecule has 6 aliphatic heterocycles. The summed E-state index contributed by atoms with van der Waals surface area (Å²) in [5.74, 6) is -1.22. The number of rotatable bonds is 53. The predicted molar refractivity (Wildman–Crippen MR) is 391 cm³/mol. The molecule has 0 aromatic heterocycles. The third-order valence-electron chi connectivity index (χ3n) is 21.8. The van der Waals surface area contributed by atoms with E-state index >= 15 is 0 Å². The number of unbranched alkanes of at least 4 members (excludes halogenated alkanes) is 27. The van der Waals surface area contributed by atoms with E-state index in [-0.39, 0.29) is 12.3 Å². The Kier molecular flexibility index (Phi) is 45.9. The second-order valence-corrected chi connectivity index (χ2v) is 30.6. The maximum atomic E-state index is 13.5. The molecule has 21 N–H and O–H groups in total. The first kappa shape index (κ1) is 97.3. The van der Waals surface area contributed by atoms with Crippen LogP contribution in [0.4, 0.5) is 0 Å². The number of aliphatic hydroxyl groups excluding tert-OH is 19. The molecule has 650 valence electrons. The number of carbonyl (C=O) groups is 2. The highest BCUT2D eigenvalue weighted by molar-refractivity contribution is 5.76. The number of nitrogens with one attached hydrogen (secondary N) is 2. The summed E-state index contributed by atoms with van der Waals surface area (Å²) in [4.78, 5) is 26.5. The van der Waals surface area contributed by atoms with E-state index in [0.29, 0.717) is 12.8 Å². The highest BCUT2D eigenvalue weighted by Crippen LogP contribution is 2.38. The third-order valence-corrected chi connectivity index (χ3v) is 21.8. The van der Waals surface area contributed by atoms with Crippen LogP contribution in [0.15, 0.2) is 12.2 Å². The number of hydrogen-bond donors (Lipinski definition) is 21. The smallest absolute Gasteiger partial charge is 0.220 e.